The Balaban J connectivity index is 1.65. The third-order valence-electron chi connectivity index (χ3n) is 4.72. The summed E-state index contributed by atoms with van der Waals surface area (Å²) in [6.07, 6.45) is -4.85. The van der Waals surface area contributed by atoms with Crippen LogP contribution < -0.4 is 4.74 Å². The number of nitrogens with zero attached hydrogens (tertiary/aromatic N) is 3. The molecule has 29 heavy (non-hydrogen) atoms. The Morgan fingerprint density at radius 2 is 1.79 bits per heavy atom. The monoisotopic (exact) mass is 427 g/mol. The van der Waals surface area contributed by atoms with Crippen molar-refractivity contribution in [3.63, 3.8) is 0 Å². The lowest BCUT2D eigenvalue weighted by molar-refractivity contribution is -0.274. The molecule has 0 saturated carbocycles. The van der Waals surface area contributed by atoms with Crippen LogP contribution >= 0.6 is 0 Å². The third kappa shape index (κ3) is 3.51. The third-order valence-corrected chi connectivity index (χ3v) is 6.58. The van der Waals surface area contributed by atoms with Crippen molar-refractivity contribution < 1.29 is 31.4 Å². The van der Waals surface area contributed by atoms with Gasteiger partial charge in [0, 0.05) is 18.8 Å². The Morgan fingerprint density at radius 1 is 1.10 bits per heavy atom. The number of ether oxygens (including phenoxy) is 1. The molecule has 0 fully saturated rings. The maximum atomic E-state index is 13.0. The smallest absolute Gasteiger partial charge is 0.494 e. The number of aromatic hydroxyl groups is 1. The standard InChI is InChI=1S/C18H16F3N3O4S/c1-11-2-7-14-16(22-11)15-10-23(8-9-24(15)17(14)25)29(26,27)13-5-3-12(4-6-13)28-18(19,20)21/h2-7,25H,8-10H2,1H3. The minimum Gasteiger partial charge on any atom is -0.494 e. The van der Waals surface area contributed by atoms with E-state index < -0.39 is 22.1 Å². The first kappa shape index (κ1) is 19.5. The Bertz CT molecular complexity index is 1190. The van der Waals surface area contributed by atoms with Crippen molar-refractivity contribution in [2.24, 2.45) is 0 Å². The first-order valence-electron chi connectivity index (χ1n) is 8.60. The summed E-state index contributed by atoms with van der Waals surface area (Å²) in [5.74, 6) is -0.465. The molecule has 0 spiro atoms. The minimum atomic E-state index is -4.85. The van der Waals surface area contributed by atoms with E-state index in [1.807, 2.05) is 0 Å². The fourth-order valence-electron chi connectivity index (χ4n) is 3.38. The first-order valence-corrected chi connectivity index (χ1v) is 10.0. The van der Waals surface area contributed by atoms with E-state index in [-0.39, 0.29) is 30.4 Å². The van der Waals surface area contributed by atoms with Gasteiger partial charge in [-0.3, -0.25) is 4.98 Å². The van der Waals surface area contributed by atoms with E-state index >= 15 is 0 Å². The van der Waals surface area contributed by atoms with Crippen molar-refractivity contribution in [2.45, 2.75) is 31.3 Å². The van der Waals surface area contributed by atoms with Gasteiger partial charge in [-0.1, -0.05) is 0 Å². The van der Waals surface area contributed by atoms with Crippen LogP contribution in [-0.2, 0) is 23.1 Å². The normalized spacial score (nSPS) is 15.4. The summed E-state index contributed by atoms with van der Waals surface area (Å²) in [7, 11) is -3.96. The predicted molar refractivity (Wildman–Crippen MR) is 96.9 cm³/mol. The van der Waals surface area contributed by atoms with Crippen molar-refractivity contribution in [3.8, 4) is 11.6 Å². The van der Waals surface area contributed by atoms with Crippen molar-refractivity contribution >= 4 is 20.9 Å². The van der Waals surface area contributed by atoms with Gasteiger partial charge in [0.25, 0.3) is 0 Å². The number of benzene rings is 1. The number of alkyl halides is 3. The van der Waals surface area contributed by atoms with Gasteiger partial charge in [-0.25, -0.2) is 8.42 Å². The molecular weight excluding hydrogens is 411 g/mol. The second-order valence-electron chi connectivity index (χ2n) is 6.63. The molecule has 0 radical (unpaired) electrons. The number of halogens is 3. The molecule has 1 aliphatic heterocycles. The molecule has 154 valence electrons. The summed E-state index contributed by atoms with van der Waals surface area (Å²) in [4.78, 5) is 4.27. The molecule has 0 saturated heterocycles. The minimum absolute atomic E-state index is 0.0172. The molecule has 7 nitrogen and oxygen atoms in total. The Labute approximate surface area is 164 Å². The van der Waals surface area contributed by atoms with E-state index in [4.69, 9.17) is 0 Å². The summed E-state index contributed by atoms with van der Waals surface area (Å²) < 4.78 is 69.4. The maximum absolute atomic E-state index is 13.0. The van der Waals surface area contributed by atoms with Gasteiger partial charge >= 0.3 is 6.36 Å². The van der Waals surface area contributed by atoms with Crippen LogP contribution in [0.4, 0.5) is 13.2 Å². The van der Waals surface area contributed by atoms with Gasteiger partial charge in [0.1, 0.15) is 5.75 Å². The van der Waals surface area contributed by atoms with Crippen LogP contribution in [0.1, 0.15) is 11.4 Å². The zero-order chi connectivity index (χ0) is 21.0. The molecule has 4 rings (SSSR count). The zero-order valence-corrected chi connectivity index (χ0v) is 16.0. The predicted octanol–water partition coefficient (Wildman–Crippen LogP) is 3.15. The van der Waals surface area contributed by atoms with Crippen LogP contribution in [0.3, 0.4) is 0 Å². The maximum Gasteiger partial charge on any atom is 0.573 e. The average molecular weight is 427 g/mol. The Hall–Kier alpha value is -2.79. The van der Waals surface area contributed by atoms with E-state index in [0.717, 1.165) is 30.0 Å². The topological polar surface area (TPSA) is 84.7 Å². The van der Waals surface area contributed by atoms with Gasteiger partial charge in [0.2, 0.25) is 15.9 Å². The van der Waals surface area contributed by atoms with E-state index in [2.05, 4.69) is 9.72 Å². The molecule has 0 unspecified atom stereocenters. The SMILES string of the molecule is Cc1ccc2c(O)n3c(c2n1)CN(S(=O)(=O)c1ccc(OC(F)(F)F)cc1)CC3. The highest BCUT2D eigenvalue weighted by atomic mass is 32.2. The van der Waals surface area contributed by atoms with Crippen LogP contribution in [0, 0.1) is 6.92 Å². The van der Waals surface area contributed by atoms with E-state index in [9.17, 15) is 26.7 Å². The number of hydrogen-bond donors (Lipinski definition) is 1. The van der Waals surface area contributed by atoms with Crippen LogP contribution in [0.2, 0.25) is 0 Å². The van der Waals surface area contributed by atoms with Gasteiger partial charge in [-0.05, 0) is 43.3 Å². The summed E-state index contributed by atoms with van der Waals surface area (Å²) in [5.41, 5.74) is 1.82. The number of sulfonamides is 1. The lowest BCUT2D eigenvalue weighted by Gasteiger charge is -2.28. The van der Waals surface area contributed by atoms with Crippen molar-refractivity contribution in [1.82, 2.24) is 13.9 Å². The molecule has 2 aromatic heterocycles. The second-order valence-corrected chi connectivity index (χ2v) is 8.57. The lowest BCUT2D eigenvalue weighted by atomic mass is 10.2. The summed E-state index contributed by atoms with van der Waals surface area (Å²) in [5, 5.41) is 10.9. The van der Waals surface area contributed by atoms with Gasteiger partial charge < -0.3 is 14.4 Å². The Morgan fingerprint density at radius 3 is 2.45 bits per heavy atom. The Kier molecular flexibility index (Phi) is 4.46. The zero-order valence-electron chi connectivity index (χ0n) is 15.1. The highest BCUT2D eigenvalue weighted by molar-refractivity contribution is 7.89. The van der Waals surface area contributed by atoms with Crippen LogP contribution in [0.5, 0.6) is 11.6 Å². The average Bonchev–Trinajstić information content (AvgIpc) is 2.92. The number of hydrogen-bond acceptors (Lipinski definition) is 5. The molecule has 0 atom stereocenters. The largest absolute Gasteiger partial charge is 0.573 e. The van der Waals surface area contributed by atoms with Gasteiger partial charge in [0.15, 0.2) is 0 Å². The highest BCUT2D eigenvalue weighted by Crippen LogP contribution is 2.35. The first-order chi connectivity index (χ1) is 13.6. The summed E-state index contributed by atoms with van der Waals surface area (Å²) >= 11 is 0. The number of aromatic nitrogens is 2. The number of rotatable bonds is 3. The molecule has 1 aromatic carbocycles. The molecule has 0 amide bonds. The van der Waals surface area contributed by atoms with E-state index in [1.165, 1.54) is 4.31 Å². The molecule has 1 N–H and O–H groups in total. The number of pyridine rings is 1. The quantitative estimate of drug-likeness (QED) is 0.694. The van der Waals surface area contributed by atoms with E-state index in [1.54, 1.807) is 23.6 Å². The van der Waals surface area contributed by atoms with Gasteiger partial charge in [-0.15, -0.1) is 13.2 Å². The second kappa shape index (κ2) is 6.63. The fourth-order valence-corrected chi connectivity index (χ4v) is 4.78. The molecular formula is C18H16F3N3O4S. The fraction of sp³-hybridized carbons (Fsp3) is 0.278. The summed E-state index contributed by atoms with van der Waals surface area (Å²) in [6.45, 7) is 2.11. The molecule has 0 bridgehead atoms. The van der Waals surface area contributed by atoms with Crippen LogP contribution in [0.25, 0.3) is 10.9 Å². The molecule has 3 aromatic rings. The van der Waals surface area contributed by atoms with Gasteiger partial charge in [0.05, 0.1) is 28.0 Å². The van der Waals surface area contributed by atoms with Gasteiger partial charge in [-0.2, -0.15) is 4.31 Å². The molecule has 1 aliphatic rings. The van der Waals surface area contributed by atoms with E-state index in [0.29, 0.717) is 16.6 Å². The van der Waals surface area contributed by atoms with Crippen LogP contribution in [-0.4, -0.2) is 40.3 Å². The molecule has 11 heteroatoms. The lowest BCUT2D eigenvalue weighted by Crippen LogP contribution is -2.38. The van der Waals surface area contributed by atoms with Crippen molar-refractivity contribution in [1.29, 1.82) is 0 Å². The molecule has 0 aliphatic carbocycles. The summed E-state index contributed by atoms with van der Waals surface area (Å²) in [6, 6.07) is 7.55. The molecule has 3 heterocycles. The highest BCUT2D eigenvalue weighted by Gasteiger charge is 2.33. The van der Waals surface area contributed by atoms with Crippen LogP contribution in [0.15, 0.2) is 41.3 Å². The van der Waals surface area contributed by atoms with Crippen molar-refractivity contribution in [3.05, 3.63) is 47.8 Å². The van der Waals surface area contributed by atoms with Crippen molar-refractivity contribution in [2.75, 3.05) is 6.54 Å². The number of fused-ring (bicyclic) bond motifs is 3. The number of aryl methyl sites for hydroxylation is 1.